The van der Waals surface area contributed by atoms with Crippen molar-refractivity contribution in [3.63, 3.8) is 0 Å². The fraction of sp³-hybridized carbons (Fsp3) is 0.543. The molecule has 1 unspecified atom stereocenters. The zero-order valence-corrected chi connectivity index (χ0v) is 25.9. The summed E-state index contributed by atoms with van der Waals surface area (Å²) in [5.41, 5.74) is 2.46. The number of ether oxygens (including phenoxy) is 3. The first-order chi connectivity index (χ1) is 23.5. The van der Waals surface area contributed by atoms with Gasteiger partial charge in [-0.1, -0.05) is 30.3 Å². The summed E-state index contributed by atoms with van der Waals surface area (Å²) in [6.07, 6.45) is 5.75. The largest absolute Gasteiger partial charge is 0.494 e. The summed E-state index contributed by atoms with van der Waals surface area (Å²) in [6, 6.07) is 12.3. The van der Waals surface area contributed by atoms with Crippen molar-refractivity contribution < 1.29 is 37.5 Å². The van der Waals surface area contributed by atoms with E-state index < -0.39 is 19.0 Å². The van der Waals surface area contributed by atoms with E-state index in [0.29, 0.717) is 29.9 Å². The van der Waals surface area contributed by atoms with Gasteiger partial charge in [-0.2, -0.15) is 0 Å². The smallest absolute Gasteiger partial charge is 0.410 e. The molecule has 1 spiro atoms. The Balaban J connectivity index is 0.920. The van der Waals surface area contributed by atoms with Gasteiger partial charge in [0.15, 0.2) is 0 Å². The van der Waals surface area contributed by atoms with E-state index in [1.165, 1.54) is 4.90 Å². The number of nitrogens with one attached hydrogen (secondary N) is 1. The number of anilines is 1. The molecule has 1 aliphatic carbocycles. The molecule has 4 fully saturated rings. The van der Waals surface area contributed by atoms with Gasteiger partial charge < -0.3 is 28.9 Å². The lowest BCUT2D eigenvalue weighted by Gasteiger charge is -2.55. The number of imide groups is 1. The van der Waals surface area contributed by atoms with E-state index in [2.05, 4.69) is 10.2 Å². The van der Waals surface area contributed by atoms with Crippen LogP contribution in [0.15, 0.2) is 42.5 Å². The molecular weight excluding hydrogens is 588 g/mol. The van der Waals surface area contributed by atoms with Crippen molar-refractivity contribution in [3.05, 3.63) is 59.2 Å². The summed E-state index contributed by atoms with van der Waals surface area (Å²) in [5, 5.41) is 2.30. The highest BCUT2D eigenvalue weighted by Gasteiger charge is 2.47. The Hall–Kier alpha value is -4.12. The highest BCUT2D eigenvalue weighted by atomic mass is 16.6. The van der Waals surface area contributed by atoms with Gasteiger partial charge in [0.1, 0.15) is 18.4 Å². The van der Waals surface area contributed by atoms with Gasteiger partial charge in [-0.25, -0.2) is 4.79 Å². The molecule has 11 heteroatoms. The third-order valence-corrected chi connectivity index (χ3v) is 10.4. The highest BCUT2D eigenvalue weighted by Crippen LogP contribution is 2.50. The molecule has 11 nitrogen and oxygen atoms in total. The SMILES string of the molecule is [2H]C([2H])([2H])Oc1c(N2CC3(CCC(OC4CCN(C(=O)OCc5ccccc5)CC4)CC3)C2)ccc2c1CN(C1CCC(=O)NC1=O)C2=O. The molecule has 0 aromatic heterocycles. The zero-order chi connectivity index (χ0) is 34.3. The number of methoxy groups -OCH3 is 1. The van der Waals surface area contributed by atoms with E-state index in [1.54, 1.807) is 17.0 Å². The fourth-order valence-electron chi connectivity index (χ4n) is 7.81. The van der Waals surface area contributed by atoms with Crippen molar-refractivity contribution in [1.29, 1.82) is 0 Å². The summed E-state index contributed by atoms with van der Waals surface area (Å²) < 4.78 is 41.1. The standard InChI is InChI=1S/C35H42N4O7/c1-44-31-27-19-39(29-9-10-30(40)36-32(29)41)33(42)26(27)7-8-28(31)38-21-35(22-38)15-11-24(12-16-35)46-25-13-17-37(18-14-25)34(43)45-20-23-5-3-2-4-6-23/h2-8,24-25,29H,9-22H2,1H3,(H,36,40,41)/i1D3. The van der Waals surface area contributed by atoms with Gasteiger partial charge >= 0.3 is 6.09 Å². The first kappa shape index (κ1) is 27.0. The number of rotatable bonds is 7. The summed E-state index contributed by atoms with van der Waals surface area (Å²) in [7, 11) is -2.73. The van der Waals surface area contributed by atoms with Crippen LogP contribution in [0.2, 0.25) is 0 Å². The number of hydrogen-bond donors (Lipinski definition) is 1. The second-order valence-electron chi connectivity index (χ2n) is 13.4. The van der Waals surface area contributed by atoms with Gasteiger partial charge in [-0.3, -0.25) is 19.7 Å². The Morgan fingerprint density at radius 3 is 2.43 bits per heavy atom. The second-order valence-corrected chi connectivity index (χ2v) is 13.4. The average Bonchev–Trinajstić information content (AvgIpc) is 3.39. The van der Waals surface area contributed by atoms with Crippen LogP contribution in [0.5, 0.6) is 5.75 Å². The third kappa shape index (κ3) is 5.92. The third-order valence-electron chi connectivity index (χ3n) is 10.4. The number of likely N-dealkylation sites (tertiary alicyclic amines) is 1. The van der Waals surface area contributed by atoms with Crippen LogP contribution >= 0.6 is 0 Å². The van der Waals surface area contributed by atoms with Gasteiger partial charge in [-0.15, -0.1) is 0 Å². The van der Waals surface area contributed by atoms with Gasteiger partial charge in [-0.05, 0) is 62.6 Å². The van der Waals surface area contributed by atoms with E-state index in [0.717, 1.165) is 57.2 Å². The minimum Gasteiger partial charge on any atom is -0.494 e. The lowest BCUT2D eigenvalue weighted by atomic mass is 9.67. The lowest BCUT2D eigenvalue weighted by molar-refractivity contribution is -0.136. The number of fused-ring (bicyclic) bond motifs is 1. The van der Waals surface area contributed by atoms with E-state index in [1.807, 2.05) is 30.3 Å². The maximum Gasteiger partial charge on any atom is 0.410 e. The Labute approximate surface area is 273 Å². The van der Waals surface area contributed by atoms with Gasteiger partial charge in [0, 0.05) is 49.1 Å². The Morgan fingerprint density at radius 1 is 0.978 bits per heavy atom. The number of nitrogens with zero attached hydrogens (tertiary/aromatic N) is 3. The highest BCUT2D eigenvalue weighted by molar-refractivity contribution is 6.06. The molecular formula is C35H42N4O7. The van der Waals surface area contributed by atoms with E-state index in [-0.39, 0.29) is 67.3 Å². The molecule has 1 N–H and O–H groups in total. The predicted molar refractivity (Wildman–Crippen MR) is 168 cm³/mol. The number of amides is 4. The van der Waals surface area contributed by atoms with Crippen molar-refractivity contribution in [2.45, 2.75) is 82.8 Å². The van der Waals surface area contributed by atoms with Crippen LogP contribution in [0.25, 0.3) is 0 Å². The van der Waals surface area contributed by atoms with Crippen molar-refractivity contribution in [2.24, 2.45) is 5.41 Å². The van der Waals surface area contributed by atoms with Gasteiger partial charge in [0.2, 0.25) is 11.8 Å². The summed E-state index contributed by atoms with van der Waals surface area (Å²) in [5.74, 6) is -1.11. The van der Waals surface area contributed by atoms with Crippen molar-refractivity contribution in [3.8, 4) is 5.75 Å². The number of benzene rings is 2. The first-order valence-electron chi connectivity index (χ1n) is 17.8. The fourth-order valence-corrected chi connectivity index (χ4v) is 7.81. The molecule has 2 aromatic carbocycles. The number of hydrogen-bond acceptors (Lipinski definition) is 8. The lowest BCUT2D eigenvalue weighted by Crippen LogP contribution is -2.58. The van der Waals surface area contributed by atoms with Crippen molar-refractivity contribution in [2.75, 3.05) is 38.1 Å². The number of carbonyl (C=O) groups excluding carboxylic acids is 4. The molecule has 4 amide bonds. The Bertz CT molecular complexity index is 1600. The Morgan fingerprint density at radius 2 is 1.72 bits per heavy atom. The van der Waals surface area contributed by atoms with Crippen molar-refractivity contribution >= 4 is 29.5 Å². The van der Waals surface area contributed by atoms with Gasteiger partial charge in [0.25, 0.3) is 5.91 Å². The maximum atomic E-state index is 13.4. The zero-order valence-electron chi connectivity index (χ0n) is 28.9. The monoisotopic (exact) mass is 633 g/mol. The van der Waals surface area contributed by atoms with Crippen LogP contribution in [0.3, 0.4) is 0 Å². The van der Waals surface area contributed by atoms with Crippen LogP contribution in [0.1, 0.15) is 77.0 Å². The summed E-state index contributed by atoms with van der Waals surface area (Å²) >= 11 is 0. The summed E-state index contributed by atoms with van der Waals surface area (Å²) in [6.45, 7) is 3.00. The normalized spacial score (nSPS) is 24.5. The Kier molecular flexibility index (Phi) is 7.40. The summed E-state index contributed by atoms with van der Waals surface area (Å²) in [4.78, 5) is 55.4. The average molecular weight is 634 g/mol. The van der Waals surface area contributed by atoms with Gasteiger partial charge in [0.05, 0.1) is 35.6 Å². The predicted octanol–water partition coefficient (Wildman–Crippen LogP) is 4.02. The van der Waals surface area contributed by atoms with E-state index in [4.69, 9.17) is 18.3 Å². The maximum absolute atomic E-state index is 13.4. The minimum absolute atomic E-state index is 0.0332. The minimum atomic E-state index is -2.73. The molecule has 1 atom stereocenters. The molecule has 0 radical (unpaired) electrons. The molecule has 244 valence electrons. The van der Waals surface area contributed by atoms with Crippen LogP contribution in [0, 0.1) is 5.41 Å². The number of piperidine rings is 2. The molecule has 2 aromatic rings. The molecule has 4 aliphatic heterocycles. The van der Waals surface area contributed by atoms with Crippen LogP contribution in [-0.4, -0.2) is 85.1 Å². The van der Waals surface area contributed by atoms with Crippen LogP contribution < -0.4 is 15.0 Å². The molecule has 1 saturated carbocycles. The van der Waals surface area contributed by atoms with Crippen molar-refractivity contribution in [1.82, 2.24) is 15.1 Å². The van der Waals surface area contributed by atoms with E-state index >= 15 is 0 Å². The molecule has 7 rings (SSSR count). The molecule has 5 aliphatic rings. The van der Waals surface area contributed by atoms with E-state index in [9.17, 15) is 19.2 Å². The quantitative estimate of drug-likeness (QED) is 0.455. The topological polar surface area (TPSA) is 118 Å². The first-order valence-corrected chi connectivity index (χ1v) is 16.3. The molecule has 46 heavy (non-hydrogen) atoms. The molecule has 4 heterocycles. The molecule has 0 bridgehead atoms. The second kappa shape index (κ2) is 12.6. The molecule has 3 saturated heterocycles. The van der Waals surface area contributed by atoms with Crippen LogP contribution in [-0.2, 0) is 32.2 Å². The number of carbonyl (C=O) groups is 4. The van der Waals surface area contributed by atoms with Crippen LogP contribution in [0.4, 0.5) is 10.5 Å².